The van der Waals surface area contributed by atoms with Crippen molar-refractivity contribution in [1.82, 2.24) is 9.55 Å². The van der Waals surface area contributed by atoms with E-state index in [2.05, 4.69) is 4.98 Å². The molecule has 0 saturated heterocycles. The molecule has 0 bridgehead atoms. The van der Waals surface area contributed by atoms with Crippen molar-refractivity contribution in [3.8, 4) is 17.2 Å². The van der Waals surface area contributed by atoms with E-state index >= 15 is 0 Å². The summed E-state index contributed by atoms with van der Waals surface area (Å²) in [6.07, 6.45) is 3.17. The van der Waals surface area contributed by atoms with Crippen LogP contribution in [0.5, 0.6) is 11.5 Å². The predicted molar refractivity (Wildman–Crippen MR) is 130 cm³/mol. The zero-order valence-electron chi connectivity index (χ0n) is 19.8. The molecule has 1 N–H and O–H groups in total. The molecular formula is C25H33ClN2O4. The van der Waals surface area contributed by atoms with Gasteiger partial charge in [-0.15, -0.1) is 0 Å². The molecule has 1 aromatic heterocycles. The Kier molecular flexibility index (Phi) is 11.0. The number of rotatable bonds is 5. The van der Waals surface area contributed by atoms with Crippen LogP contribution in [0.2, 0.25) is 5.02 Å². The van der Waals surface area contributed by atoms with Crippen molar-refractivity contribution in [2.45, 2.75) is 47.1 Å². The molecule has 3 rings (SSSR count). The van der Waals surface area contributed by atoms with Crippen LogP contribution in [-0.4, -0.2) is 34.0 Å². The normalized spacial score (nSPS) is 10.3. The van der Waals surface area contributed by atoms with Gasteiger partial charge < -0.3 is 14.6 Å². The van der Waals surface area contributed by atoms with Crippen LogP contribution in [-0.2, 0) is 0 Å². The van der Waals surface area contributed by atoms with Crippen LogP contribution in [0.3, 0.4) is 0 Å². The maximum atomic E-state index is 12.1. The monoisotopic (exact) mass is 460 g/mol. The van der Waals surface area contributed by atoms with Crippen molar-refractivity contribution in [2.75, 3.05) is 13.7 Å². The standard InChI is InChI=1S/C16H20N2O4.C7H7Cl.C2H6/c1-11-15(19)18(8-7-17-11)12-5-6-13(14(9-12)21-4)22-10-16(2,3)20;1-6-3-2-4-7(8)5-6;1-2/h5-9,20H,10H2,1-4H3;2-5H,1H3;1-2H3. The average Bonchev–Trinajstić information content (AvgIpc) is 2.75. The molecule has 2 aromatic carbocycles. The summed E-state index contributed by atoms with van der Waals surface area (Å²) in [5.74, 6) is 0.996. The van der Waals surface area contributed by atoms with Gasteiger partial charge in [0.2, 0.25) is 0 Å². The summed E-state index contributed by atoms with van der Waals surface area (Å²) in [7, 11) is 1.52. The van der Waals surface area contributed by atoms with E-state index in [0.717, 1.165) is 5.02 Å². The summed E-state index contributed by atoms with van der Waals surface area (Å²) >= 11 is 5.64. The molecule has 6 nitrogen and oxygen atoms in total. The van der Waals surface area contributed by atoms with Crippen LogP contribution >= 0.6 is 11.6 Å². The Hall–Kier alpha value is -2.83. The smallest absolute Gasteiger partial charge is 0.276 e. The molecule has 0 saturated carbocycles. The second kappa shape index (κ2) is 12.9. The lowest BCUT2D eigenvalue weighted by Crippen LogP contribution is -2.28. The largest absolute Gasteiger partial charge is 0.493 e. The minimum atomic E-state index is -0.942. The fourth-order valence-corrected chi connectivity index (χ4v) is 2.74. The molecule has 0 fully saturated rings. The highest BCUT2D eigenvalue weighted by Crippen LogP contribution is 2.29. The van der Waals surface area contributed by atoms with E-state index < -0.39 is 5.60 Å². The number of aromatic nitrogens is 2. The topological polar surface area (TPSA) is 73.6 Å². The Balaban J connectivity index is 0.000000427. The Bertz CT molecular complexity index is 1030. The third-order valence-electron chi connectivity index (χ3n) is 4.00. The quantitative estimate of drug-likeness (QED) is 0.553. The van der Waals surface area contributed by atoms with Gasteiger partial charge in [0.05, 0.1) is 18.4 Å². The minimum Gasteiger partial charge on any atom is -0.493 e. The summed E-state index contributed by atoms with van der Waals surface area (Å²) in [5.41, 5.74) is 1.15. The van der Waals surface area contributed by atoms with Gasteiger partial charge in [-0.3, -0.25) is 14.3 Å². The first kappa shape index (κ1) is 27.2. The van der Waals surface area contributed by atoms with Gasteiger partial charge >= 0.3 is 0 Å². The number of halogens is 1. The van der Waals surface area contributed by atoms with Crippen molar-refractivity contribution in [3.05, 3.63) is 81.5 Å². The Labute approximate surface area is 195 Å². The second-order valence-corrected chi connectivity index (χ2v) is 7.86. The predicted octanol–water partition coefficient (Wildman–Crippen LogP) is 5.37. The van der Waals surface area contributed by atoms with Crippen LogP contribution in [0.15, 0.2) is 59.7 Å². The lowest BCUT2D eigenvalue weighted by atomic mass is 10.2. The number of methoxy groups -OCH3 is 1. The van der Waals surface area contributed by atoms with Gasteiger partial charge in [0, 0.05) is 23.5 Å². The summed E-state index contributed by atoms with van der Waals surface area (Å²) in [5, 5.41) is 10.5. The molecule has 0 unspecified atom stereocenters. The first-order valence-electron chi connectivity index (χ1n) is 10.4. The molecule has 0 aliphatic heterocycles. The molecule has 0 atom stereocenters. The second-order valence-electron chi connectivity index (χ2n) is 7.42. The van der Waals surface area contributed by atoms with Crippen molar-refractivity contribution in [1.29, 1.82) is 0 Å². The molecule has 0 spiro atoms. The maximum Gasteiger partial charge on any atom is 0.276 e. The van der Waals surface area contributed by atoms with Crippen LogP contribution in [0.1, 0.15) is 39.0 Å². The number of benzene rings is 2. The van der Waals surface area contributed by atoms with Gasteiger partial charge in [0.1, 0.15) is 12.3 Å². The molecule has 0 amide bonds. The summed E-state index contributed by atoms with van der Waals surface area (Å²) in [4.78, 5) is 16.1. The van der Waals surface area contributed by atoms with Gasteiger partial charge in [-0.25, -0.2) is 0 Å². The van der Waals surface area contributed by atoms with Gasteiger partial charge in [-0.05, 0) is 57.5 Å². The van der Waals surface area contributed by atoms with Gasteiger partial charge in [0.25, 0.3) is 5.56 Å². The number of aliphatic hydroxyl groups is 1. The van der Waals surface area contributed by atoms with Crippen LogP contribution in [0.4, 0.5) is 0 Å². The molecule has 3 aromatic rings. The molecule has 0 aliphatic carbocycles. The van der Waals surface area contributed by atoms with E-state index in [9.17, 15) is 9.90 Å². The minimum absolute atomic E-state index is 0.136. The molecule has 0 aliphatic rings. The SMILES string of the molecule is CC.COc1cc(-n2ccnc(C)c2=O)ccc1OCC(C)(C)O.Cc1cccc(Cl)c1. The van der Waals surface area contributed by atoms with E-state index in [1.807, 2.05) is 45.0 Å². The highest BCUT2D eigenvalue weighted by molar-refractivity contribution is 6.30. The van der Waals surface area contributed by atoms with Gasteiger partial charge in [-0.2, -0.15) is 0 Å². The van der Waals surface area contributed by atoms with E-state index in [1.54, 1.807) is 51.4 Å². The highest BCUT2D eigenvalue weighted by atomic mass is 35.5. The zero-order valence-corrected chi connectivity index (χ0v) is 20.6. The molecule has 1 heterocycles. The van der Waals surface area contributed by atoms with Crippen molar-refractivity contribution in [2.24, 2.45) is 0 Å². The van der Waals surface area contributed by atoms with Crippen molar-refractivity contribution < 1.29 is 14.6 Å². The van der Waals surface area contributed by atoms with Crippen molar-refractivity contribution >= 4 is 11.6 Å². The average molecular weight is 461 g/mol. The Morgan fingerprint density at radius 2 is 1.78 bits per heavy atom. The highest BCUT2D eigenvalue weighted by Gasteiger charge is 2.16. The number of hydrogen-bond acceptors (Lipinski definition) is 5. The maximum absolute atomic E-state index is 12.1. The zero-order chi connectivity index (χ0) is 24.3. The van der Waals surface area contributed by atoms with E-state index in [-0.39, 0.29) is 12.2 Å². The summed E-state index contributed by atoms with van der Waals surface area (Å²) in [6.45, 7) is 11.1. The summed E-state index contributed by atoms with van der Waals surface area (Å²) in [6, 6.07) is 12.9. The number of hydrogen-bond donors (Lipinski definition) is 1. The fourth-order valence-electron chi connectivity index (χ4n) is 2.50. The number of ether oxygens (including phenoxy) is 2. The van der Waals surface area contributed by atoms with E-state index in [0.29, 0.717) is 22.9 Å². The Morgan fingerprint density at radius 3 is 2.31 bits per heavy atom. The van der Waals surface area contributed by atoms with Crippen LogP contribution < -0.4 is 15.0 Å². The fraction of sp³-hybridized carbons (Fsp3) is 0.360. The Morgan fingerprint density at radius 1 is 1.09 bits per heavy atom. The van der Waals surface area contributed by atoms with Crippen LogP contribution in [0, 0.1) is 13.8 Å². The lowest BCUT2D eigenvalue weighted by Gasteiger charge is -2.19. The molecule has 32 heavy (non-hydrogen) atoms. The molecule has 174 valence electrons. The lowest BCUT2D eigenvalue weighted by molar-refractivity contribution is 0.0276. The van der Waals surface area contributed by atoms with Crippen molar-refractivity contribution in [3.63, 3.8) is 0 Å². The first-order chi connectivity index (χ1) is 15.1. The summed E-state index contributed by atoms with van der Waals surface area (Å²) < 4.78 is 12.4. The first-order valence-corrected chi connectivity index (χ1v) is 10.8. The third kappa shape index (κ3) is 8.73. The van der Waals surface area contributed by atoms with Crippen LogP contribution in [0.25, 0.3) is 5.69 Å². The van der Waals surface area contributed by atoms with E-state index in [4.69, 9.17) is 21.1 Å². The number of nitrogens with zero attached hydrogens (tertiary/aromatic N) is 2. The number of aryl methyl sites for hydroxylation is 2. The van der Waals surface area contributed by atoms with E-state index in [1.165, 1.54) is 17.2 Å². The van der Waals surface area contributed by atoms with Gasteiger partial charge in [-0.1, -0.05) is 37.6 Å². The molecule has 0 radical (unpaired) electrons. The molecular weight excluding hydrogens is 428 g/mol. The molecule has 7 heteroatoms. The third-order valence-corrected chi connectivity index (χ3v) is 4.23. The van der Waals surface area contributed by atoms with Gasteiger partial charge in [0.15, 0.2) is 11.5 Å².